The van der Waals surface area contributed by atoms with Gasteiger partial charge in [0, 0.05) is 6.20 Å². The summed E-state index contributed by atoms with van der Waals surface area (Å²) < 4.78 is 54.7. The van der Waals surface area contributed by atoms with Crippen LogP contribution in [0, 0.1) is 10.8 Å². The van der Waals surface area contributed by atoms with Crippen molar-refractivity contribution in [2.24, 2.45) is 5.41 Å². The zero-order chi connectivity index (χ0) is 29.0. The third kappa shape index (κ3) is 7.99. The highest BCUT2D eigenvalue weighted by Gasteiger charge is 2.35. The molecule has 1 aromatic heterocycles. The van der Waals surface area contributed by atoms with Gasteiger partial charge in [-0.3, -0.25) is 14.8 Å². The number of rotatable bonds is 8. The van der Waals surface area contributed by atoms with Crippen LogP contribution in [0.1, 0.15) is 38.8 Å². The fourth-order valence-corrected chi connectivity index (χ4v) is 3.87. The van der Waals surface area contributed by atoms with Crippen molar-refractivity contribution >= 4 is 34.7 Å². The number of halogens is 3. The van der Waals surface area contributed by atoms with Crippen LogP contribution in [-0.4, -0.2) is 28.6 Å². The van der Waals surface area contributed by atoms with Gasteiger partial charge in [-0.05, 0) is 69.2 Å². The van der Waals surface area contributed by atoms with E-state index in [1.807, 2.05) is 0 Å². The van der Waals surface area contributed by atoms with E-state index in [0.717, 1.165) is 0 Å². The Labute approximate surface area is 228 Å². The van der Waals surface area contributed by atoms with Gasteiger partial charge in [0.15, 0.2) is 5.11 Å². The second kappa shape index (κ2) is 11.4. The summed E-state index contributed by atoms with van der Waals surface area (Å²) in [4.78, 5) is 12.5. The molecule has 0 aliphatic carbocycles. The van der Waals surface area contributed by atoms with E-state index in [-0.39, 0.29) is 23.9 Å². The van der Waals surface area contributed by atoms with Gasteiger partial charge < -0.3 is 30.3 Å². The van der Waals surface area contributed by atoms with E-state index in [4.69, 9.17) is 32.5 Å². The number of thiocarbonyl (C=S) groups is 1. The van der Waals surface area contributed by atoms with Crippen LogP contribution in [0.5, 0.6) is 5.75 Å². The van der Waals surface area contributed by atoms with Crippen molar-refractivity contribution in [1.29, 1.82) is 5.41 Å². The van der Waals surface area contributed by atoms with Crippen molar-refractivity contribution in [3.8, 4) is 5.75 Å². The van der Waals surface area contributed by atoms with Crippen LogP contribution in [0.4, 0.5) is 24.5 Å². The van der Waals surface area contributed by atoms with E-state index in [1.165, 1.54) is 24.5 Å². The number of esters is 1. The molecule has 0 fully saturated rings. The first-order chi connectivity index (χ1) is 18.1. The smallest absolute Gasteiger partial charge is 0.462 e. The van der Waals surface area contributed by atoms with Gasteiger partial charge in [0.25, 0.3) is 5.68 Å². The number of alkyl halides is 3. The van der Waals surface area contributed by atoms with Crippen LogP contribution < -0.4 is 26.8 Å². The largest absolute Gasteiger partial charge is 0.573 e. The van der Waals surface area contributed by atoms with E-state index < -0.39 is 29.0 Å². The first-order valence-corrected chi connectivity index (χ1v) is 12.2. The second-order valence-corrected chi connectivity index (χ2v) is 10.4. The van der Waals surface area contributed by atoms with E-state index in [9.17, 15) is 18.0 Å². The SMILES string of the molecule is CC(C)(C)C(=O)OCC(C)(NC(=S)Nc1cccc(Cn2ccoc2=N)c1N)c1cccc(OC(F)(F)F)c1. The summed E-state index contributed by atoms with van der Waals surface area (Å²) in [6.45, 7) is 6.72. The van der Waals surface area contributed by atoms with E-state index >= 15 is 0 Å². The highest BCUT2D eigenvalue weighted by molar-refractivity contribution is 7.80. The Balaban J connectivity index is 1.86. The van der Waals surface area contributed by atoms with Crippen LogP contribution >= 0.6 is 12.2 Å². The molecule has 9 nitrogen and oxygen atoms in total. The molecule has 5 N–H and O–H groups in total. The van der Waals surface area contributed by atoms with Crippen molar-refractivity contribution in [1.82, 2.24) is 9.88 Å². The fourth-order valence-electron chi connectivity index (χ4n) is 3.53. The summed E-state index contributed by atoms with van der Waals surface area (Å²) in [5, 5.41) is 13.9. The number of carbonyl (C=O) groups is 1. The van der Waals surface area contributed by atoms with Gasteiger partial charge >= 0.3 is 12.3 Å². The molecular weight excluding hydrogens is 535 g/mol. The molecule has 1 heterocycles. The molecule has 1 atom stereocenters. The number of ether oxygens (including phenoxy) is 2. The van der Waals surface area contributed by atoms with Crippen molar-refractivity contribution in [3.63, 3.8) is 0 Å². The molecule has 0 amide bonds. The normalized spacial score (nSPS) is 13.3. The minimum Gasteiger partial charge on any atom is -0.462 e. The maximum Gasteiger partial charge on any atom is 0.573 e. The third-order valence-corrected chi connectivity index (χ3v) is 5.87. The molecule has 13 heteroatoms. The predicted molar refractivity (Wildman–Crippen MR) is 143 cm³/mol. The molecule has 1 unspecified atom stereocenters. The zero-order valence-corrected chi connectivity index (χ0v) is 22.6. The zero-order valence-electron chi connectivity index (χ0n) is 21.8. The Morgan fingerprint density at radius 3 is 2.46 bits per heavy atom. The van der Waals surface area contributed by atoms with Crippen LogP contribution in [0.2, 0.25) is 0 Å². The number of carbonyl (C=O) groups excluding carboxylic acids is 1. The second-order valence-electron chi connectivity index (χ2n) is 10.0. The minimum atomic E-state index is -4.88. The van der Waals surface area contributed by atoms with Crippen LogP contribution in [0.3, 0.4) is 0 Å². The topological polar surface area (TPSA) is 128 Å². The maximum atomic E-state index is 12.9. The van der Waals surface area contributed by atoms with Crippen LogP contribution in [0.25, 0.3) is 0 Å². The Hall–Kier alpha value is -4.00. The lowest BCUT2D eigenvalue weighted by Gasteiger charge is -2.33. The summed E-state index contributed by atoms with van der Waals surface area (Å²) in [6, 6.07) is 10.6. The highest BCUT2D eigenvalue weighted by Crippen LogP contribution is 2.30. The maximum absolute atomic E-state index is 12.9. The Bertz CT molecular complexity index is 1400. The molecule has 0 aliphatic rings. The fraction of sp³-hybridized carbons (Fsp3) is 0.346. The lowest BCUT2D eigenvalue weighted by Crippen LogP contribution is -2.49. The number of nitrogens with zero attached hydrogens (tertiary/aromatic N) is 1. The number of nitrogen functional groups attached to an aromatic ring is 1. The summed E-state index contributed by atoms with van der Waals surface area (Å²) in [6.07, 6.45) is -1.88. The van der Waals surface area contributed by atoms with E-state index in [1.54, 1.807) is 62.7 Å². The van der Waals surface area contributed by atoms with Crippen molar-refractivity contribution in [2.75, 3.05) is 17.7 Å². The van der Waals surface area contributed by atoms with Gasteiger partial charge in [0.1, 0.15) is 18.6 Å². The summed E-state index contributed by atoms with van der Waals surface area (Å²) >= 11 is 5.52. The highest BCUT2D eigenvalue weighted by atomic mass is 32.1. The Kier molecular flexibility index (Phi) is 8.64. The number of hydrogen-bond donors (Lipinski definition) is 4. The van der Waals surface area contributed by atoms with E-state index in [2.05, 4.69) is 15.4 Å². The molecule has 210 valence electrons. The average Bonchev–Trinajstić information content (AvgIpc) is 3.22. The molecule has 39 heavy (non-hydrogen) atoms. The number of nitrogens with one attached hydrogen (secondary N) is 3. The molecule has 3 aromatic rings. The molecule has 0 radical (unpaired) electrons. The van der Waals surface area contributed by atoms with Gasteiger partial charge in [0.05, 0.1) is 28.9 Å². The molecule has 0 spiro atoms. The molecule has 0 aliphatic heterocycles. The first-order valence-electron chi connectivity index (χ1n) is 11.8. The van der Waals surface area contributed by atoms with Crippen molar-refractivity contribution in [3.05, 3.63) is 71.7 Å². The van der Waals surface area contributed by atoms with Crippen LogP contribution in [0.15, 0.2) is 59.3 Å². The summed E-state index contributed by atoms with van der Waals surface area (Å²) in [5.41, 5.74) is 6.11. The summed E-state index contributed by atoms with van der Waals surface area (Å²) in [5.74, 6) is -0.934. The number of para-hydroxylation sites is 1. The number of anilines is 2. The van der Waals surface area contributed by atoms with Gasteiger partial charge in [-0.2, -0.15) is 0 Å². The number of hydrogen-bond acceptors (Lipinski definition) is 7. The average molecular weight is 566 g/mol. The number of oxazole rings is 1. The molecule has 0 saturated carbocycles. The monoisotopic (exact) mass is 565 g/mol. The van der Waals surface area contributed by atoms with Gasteiger partial charge in [-0.25, -0.2) is 0 Å². The van der Waals surface area contributed by atoms with Crippen LogP contribution in [-0.2, 0) is 21.6 Å². The number of benzene rings is 2. The van der Waals surface area contributed by atoms with Gasteiger partial charge in [0.2, 0.25) is 0 Å². The van der Waals surface area contributed by atoms with Gasteiger partial charge in [-0.15, -0.1) is 13.2 Å². The predicted octanol–water partition coefficient (Wildman–Crippen LogP) is 4.88. The molecule has 2 aromatic carbocycles. The quantitative estimate of drug-likeness (QED) is 0.173. The van der Waals surface area contributed by atoms with E-state index in [0.29, 0.717) is 22.5 Å². The first kappa shape index (κ1) is 29.6. The lowest BCUT2D eigenvalue weighted by molar-refractivity contribution is -0.274. The number of aromatic nitrogens is 1. The Morgan fingerprint density at radius 2 is 1.85 bits per heavy atom. The number of nitrogens with two attached hydrogens (primary N) is 1. The molecule has 0 saturated heterocycles. The van der Waals surface area contributed by atoms with Gasteiger partial charge in [-0.1, -0.05) is 24.3 Å². The minimum absolute atomic E-state index is 0.0396. The molecular formula is C26H30F3N5O4S. The van der Waals surface area contributed by atoms with Crippen molar-refractivity contribution < 1.29 is 31.9 Å². The van der Waals surface area contributed by atoms with Crippen molar-refractivity contribution in [2.45, 2.75) is 46.1 Å². The molecule has 0 bridgehead atoms. The standard InChI is InChI=1S/C26H30F3N5O4S/c1-24(2,3)21(35)37-15-25(4,17-8-6-9-18(13-17)38-26(27,28)29)33-23(39)32-19-10-5-7-16(20(19)30)14-34-11-12-36-22(34)31/h5-13,31H,14-15,30H2,1-4H3,(H2,32,33,39). The lowest BCUT2D eigenvalue weighted by atomic mass is 9.92. The third-order valence-electron chi connectivity index (χ3n) is 5.67. The Morgan fingerprint density at radius 1 is 1.15 bits per heavy atom. The molecule has 3 rings (SSSR count). The summed E-state index contributed by atoms with van der Waals surface area (Å²) in [7, 11) is 0.